The van der Waals surface area contributed by atoms with Crippen molar-refractivity contribution in [1.82, 2.24) is 25.2 Å². The maximum atomic E-state index is 4.32. The van der Waals surface area contributed by atoms with Crippen LogP contribution >= 0.6 is 0 Å². The van der Waals surface area contributed by atoms with Gasteiger partial charge in [0.15, 0.2) is 11.6 Å². The van der Waals surface area contributed by atoms with Gasteiger partial charge in [-0.1, -0.05) is 46.1 Å². The number of nitrogens with zero attached hydrogens (tertiary/aromatic N) is 4. The standard InChI is InChI=1S/C19H32N6/c1-5-6-8-12-19(2,3)15-22-18(20-4)21-13-11-17-24-23-16-10-7-9-14-25(16)17/h7,9-10,14H,5-6,8,11-13,15H2,1-4H3,(H2,20,21,22). The van der Waals surface area contributed by atoms with Crippen LogP contribution in [0.5, 0.6) is 0 Å². The third-order valence-electron chi connectivity index (χ3n) is 4.44. The van der Waals surface area contributed by atoms with Gasteiger partial charge in [0.2, 0.25) is 0 Å². The third-order valence-corrected chi connectivity index (χ3v) is 4.44. The maximum absolute atomic E-state index is 4.32. The van der Waals surface area contributed by atoms with E-state index in [1.807, 2.05) is 35.8 Å². The van der Waals surface area contributed by atoms with Gasteiger partial charge in [-0.3, -0.25) is 9.39 Å². The van der Waals surface area contributed by atoms with Crippen LogP contribution in [0.15, 0.2) is 29.4 Å². The molecule has 2 rings (SSSR count). The summed E-state index contributed by atoms with van der Waals surface area (Å²) in [5.74, 6) is 1.80. The van der Waals surface area contributed by atoms with Gasteiger partial charge in [-0.25, -0.2) is 0 Å². The van der Waals surface area contributed by atoms with Gasteiger partial charge in [-0.15, -0.1) is 10.2 Å². The van der Waals surface area contributed by atoms with Gasteiger partial charge in [0.25, 0.3) is 0 Å². The molecule has 0 unspecified atom stereocenters. The van der Waals surface area contributed by atoms with Crippen molar-refractivity contribution in [2.45, 2.75) is 52.9 Å². The molecule has 0 saturated carbocycles. The molecule has 138 valence electrons. The highest BCUT2D eigenvalue weighted by Crippen LogP contribution is 2.22. The smallest absolute Gasteiger partial charge is 0.191 e. The van der Waals surface area contributed by atoms with E-state index in [1.54, 1.807) is 0 Å². The Morgan fingerprint density at radius 3 is 2.80 bits per heavy atom. The van der Waals surface area contributed by atoms with Gasteiger partial charge in [0.1, 0.15) is 5.82 Å². The summed E-state index contributed by atoms with van der Waals surface area (Å²) in [6, 6.07) is 5.93. The van der Waals surface area contributed by atoms with Crippen LogP contribution in [0.2, 0.25) is 0 Å². The van der Waals surface area contributed by atoms with Crippen molar-refractivity contribution >= 4 is 11.6 Å². The first-order valence-corrected chi connectivity index (χ1v) is 9.29. The molecule has 0 spiro atoms. The Morgan fingerprint density at radius 1 is 1.20 bits per heavy atom. The van der Waals surface area contributed by atoms with Crippen molar-refractivity contribution in [3.05, 3.63) is 30.2 Å². The van der Waals surface area contributed by atoms with Crippen LogP contribution < -0.4 is 10.6 Å². The zero-order valence-corrected chi connectivity index (χ0v) is 16.0. The molecule has 0 radical (unpaired) electrons. The zero-order chi connectivity index (χ0) is 18.1. The molecule has 2 aromatic rings. The molecule has 25 heavy (non-hydrogen) atoms. The number of hydrogen-bond donors (Lipinski definition) is 2. The summed E-state index contributed by atoms with van der Waals surface area (Å²) in [7, 11) is 1.81. The lowest BCUT2D eigenvalue weighted by Gasteiger charge is -2.26. The molecule has 0 atom stereocenters. The highest BCUT2D eigenvalue weighted by molar-refractivity contribution is 5.79. The fourth-order valence-electron chi connectivity index (χ4n) is 2.84. The molecule has 0 aliphatic carbocycles. The number of unbranched alkanes of at least 4 members (excludes halogenated alkanes) is 2. The van der Waals surface area contributed by atoms with E-state index < -0.39 is 0 Å². The number of hydrogen-bond acceptors (Lipinski definition) is 3. The molecule has 0 aliphatic heterocycles. The third kappa shape index (κ3) is 6.03. The summed E-state index contributed by atoms with van der Waals surface area (Å²) in [5.41, 5.74) is 1.16. The van der Waals surface area contributed by atoms with E-state index in [0.717, 1.165) is 36.9 Å². The van der Waals surface area contributed by atoms with Crippen molar-refractivity contribution in [2.75, 3.05) is 20.1 Å². The summed E-state index contributed by atoms with van der Waals surface area (Å²) < 4.78 is 2.02. The average molecular weight is 345 g/mol. The van der Waals surface area contributed by atoms with E-state index in [4.69, 9.17) is 0 Å². The van der Waals surface area contributed by atoms with E-state index in [2.05, 4.69) is 46.6 Å². The maximum Gasteiger partial charge on any atom is 0.191 e. The van der Waals surface area contributed by atoms with Gasteiger partial charge in [-0.05, 0) is 24.0 Å². The van der Waals surface area contributed by atoms with Gasteiger partial charge < -0.3 is 10.6 Å². The number of nitrogens with one attached hydrogen (secondary N) is 2. The molecule has 2 N–H and O–H groups in total. The molecular formula is C19H32N6. The lowest BCUT2D eigenvalue weighted by molar-refractivity contribution is 0.318. The van der Waals surface area contributed by atoms with E-state index in [9.17, 15) is 0 Å². The first-order valence-electron chi connectivity index (χ1n) is 9.29. The summed E-state index contributed by atoms with van der Waals surface area (Å²) in [6.07, 6.45) is 7.89. The Morgan fingerprint density at radius 2 is 2.04 bits per heavy atom. The number of pyridine rings is 1. The molecule has 6 heteroatoms. The second-order valence-electron chi connectivity index (χ2n) is 7.27. The lowest BCUT2D eigenvalue weighted by atomic mass is 9.87. The minimum Gasteiger partial charge on any atom is -0.356 e. The van der Waals surface area contributed by atoms with E-state index >= 15 is 0 Å². The fraction of sp³-hybridized carbons (Fsp3) is 0.632. The topological polar surface area (TPSA) is 66.6 Å². The first-order chi connectivity index (χ1) is 12.1. The number of rotatable bonds is 9. The van der Waals surface area contributed by atoms with Gasteiger partial charge in [-0.2, -0.15) is 0 Å². The van der Waals surface area contributed by atoms with Crippen molar-refractivity contribution < 1.29 is 0 Å². The first kappa shape index (κ1) is 19.2. The summed E-state index contributed by atoms with van der Waals surface area (Å²) >= 11 is 0. The molecular weight excluding hydrogens is 312 g/mol. The highest BCUT2D eigenvalue weighted by Gasteiger charge is 2.17. The van der Waals surface area contributed by atoms with Crippen LogP contribution in [-0.2, 0) is 6.42 Å². The zero-order valence-electron chi connectivity index (χ0n) is 16.0. The van der Waals surface area contributed by atoms with Crippen molar-refractivity contribution in [3.63, 3.8) is 0 Å². The van der Waals surface area contributed by atoms with Crippen LogP contribution in [0.1, 0.15) is 52.3 Å². The number of aromatic nitrogens is 3. The van der Waals surface area contributed by atoms with Crippen LogP contribution in [0.4, 0.5) is 0 Å². The minimum atomic E-state index is 0.274. The summed E-state index contributed by atoms with van der Waals surface area (Å²) in [6.45, 7) is 8.56. The molecule has 0 aromatic carbocycles. The molecule has 0 fully saturated rings. The van der Waals surface area contributed by atoms with E-state index in [0.29, 0.717) is 0 Å². The van der Waals surface area contributed by atoms with Crippen molar-refractivity contribution in [1.29, 1.82) is 0 Å². The van der Waals surface area contributed by atoms with Crippen LogP contribution in [0.25, 0.3) is 5.65 Å². The van der Waals surface area contributed by atoms with Gasteiger partial charge >= 0.3 is 0 Å². The second-order valence-corrected chi connectivity index (χ2v) is 7.27. The molecule has 6 nitrogen and oxygen atoms in total. The molecule has 2 aromatic heterocycles. The van der Waals surface area contributed by atoms with Crippen LogP contribution in [0.3, 0.4) is 0 Å². The van der Waals surface area contributed by atoms with Crippen molar-refractivity contribution in [2.24, 2.45) is 10.4 Å². The Balaban J connectivity index is 1.77. The van der Waals surface area contributed by atoms with Crippen LogP contribution in [-0.4, -0.2) is 40.7 Å². The fourth-order valence-corrected chi connectivity index (χ4v) is 2.84. The predicted octanol–water partition coefficient (Wildman–Crippen LogP) is 3.04. The molecule has 0 bridgehead atoms. The Bertz CT molecular complexity index is 673. The molecule has 0 saturated heterocycles. The highest BCUT2D eigenvalue weighted by atomic mass is 15.2. The largest absolute Gasteiger partial charge is 0.356 e. The SMILES string of the molecule is CCCCCC(C)(C)CNC(=NC)NCCc1nnc2ccccn12. The van der Waals surface area contributed by atoms with Gasteiger partial charge in [0, 0.05) is 32.8 Å². The Labute approximate surface area is 151 Å². The predicted molar refractivity (Wildman–Crippen MR) is 104 cm³/mol. The minimum absolute atomic E-state index is 0.274. The monoisotopic (exact) mass is 344 g/mol. The Hall–Kier alpha value is -2.11. The van der Waals surface area contributed by atoms with E-state index in [-0.39, 0.29) is 5.41 Å². The lowest BCUT2D eigenvalue weighted by Crippen LogP contribution is -2.42. The average Bonchev–Trinajstić information content (AvgIpc) is 3.01. The van der Waals surface area contributed by atoms with Crippen LogP contribution in [0, 0.1) is 5.41 Å². The molecule has 2 heterocycles. The van der Waals surface area contributed by atoms with Crippen molar-refractivity contribution in [3.8, 4) is 0 Å². The van der Waals surface area contributed by atoms with Gasteiger partial charge in [0.05, 0.1) is 0 Å². The number of fused-ring (bicyclic) bond motifs is 1. The molecule has 0 amide bonds. The molecule has 0 aliphatic rings. The second kappa shape index (κ2) is 9.39. The Kier molecular flexibility index (Phi) is 7.22. The quantitative estimate of drug-likeness (QED) is 0.417. The summed E-state index contributed by atoms with van der Waals surface area (Å²) in [4.78, 5) is 4.32. The normalized spacial score (nSPS) is 12.6. The number of aliphatic imine (C=N–C) groups is 1. The summed E-state index contributed by atoms with van der Waals surface area (Å²) in [5, 5.41) is 15.3. The number of guanidine groups is 1. The van der Waals surface area contributed by atoms with E-state index in [1.165, 1.54) is 25.7 Å².